The molecule has 114 valence electrons. The third-order valence-corrected chi connectivity index (χ3v) is 3.43. The Hall–Kier alpha value is -2.08. The molecule has 2 rings (SSSR count). The minimum absolute atomic E-state index is 0.163. The molecule has 3 N–H and O–H groups in total. The van der Waals surface area contributed by atoms with Gasteiger partial charge < -0.3 is 15.8 Å². The van der Waals surface area contributed by atoms with Crippen LogP contribution in [0.1, 0.15) is 25.3 Å². The van der Waals surface area contributed by atoms with E-state index in [1.807, 2.05) is 31.2 Å². The summed E-state index contributed by atoms with van der Waals surface area (Å²) in [7, 11) is 0. The van der Waals surface area contributed by atoms with Crippen molar-refractivity contribution in [3.8, 4) is 5.75 Å². The molecule has 1 aliphatic heterocycles. The van der Waals surface area contributed by atoms with E-state index in [9.17, 15) is 9.59 Å². The van der Waals surface area contributed by atoms with Gasteiger partial charge in [0, 0.05) is 6.54 Å². The molecule has 6 heteroatoms. The van der Waals surface area contributed by atoms with Gasteiger partial charge >= 0.3 is 6.03 Å². The first-order chi connectivity index (χ1) is 10.2. The number of ether oxygens (including phenoxy) is 1. The Morgan fingerprint density at radius 1 is 1.29 bits per heavy atom. The summed E-state index contributed by atoms with van der Waals surface area (Å²) in [6.45, 7) is 3.00. The minimum Gasteiger partial charge on any atom is -0.492 e. The van der Waals surface area contributed by atoms with E-state index in [1.165, 1.54) is 4.90 Å². The highest BCUT2D eigenvalue weighted by Crippen LogP contribution is 2.13. The molecule has 0 aliphatic carbocycles. The Morgan fingerprint density at radius 2 is 2.00 bits per heavy atom. The first-order valence-electron chi connectivity index (χ1n) is 7.19. The first-order valence-corrected chi connectivity index (χ1v) is 7.19. The van der Waals surface area contributed by atoms with Crippen molar-refractivity contribution in [1.82, 2.24) is 10.2 Å². The van der Waals surface area contributed by atoms with Gasteiger partial charge in [-0.15, -0.1) is 0 Å². The summed E-state index contributed by atoms with van der Waals surface area (Å²) < 4.78 is 5.54. The van der Waals surface area contributed by atoms with Crippen molar-refractivity contribution in [2.45, 2.75) is 32.4 Å². The predicted octanol–water partition coefficient (Wildman–Crippen LogP) is 1.24. The van der Waals surface area contributed by atoms with Crippen LogP contribution in [-0.4, -0.2) is 36.0 Å². The Bertz CT molecular complexity index is 501. The van der Waals surface area contributed by atoms with Crippen molar-refractivity contribution in [1.29, 1.82) is 0 Å². The van der Waals surface area contributed by atoms with Gasteiger partial charge in [-0.2, -0.15) is 0 Å². The summed E-state index contributed by atoms with van der Waals surface area (Å²) in [4.78, 5) is 24.9. The Labute approximate surface area is 124 Å². The molecular formula is C15H21N3O3. The van der Waals surface area contributed by atoms with Crippen molar-refractivity contribution in [3.05, 3.63) is 29.8 Å². The molecule has 0 saturated carbocycles. The van der Waals surface area contributed by atoms with E-state index in [4.69, 9.17) is 10.5 Å². The number of rotatable bonds is 7. The second-order valence-electron chi connectivity index (χ2n) is 4.98. The smallest absolute Gasteiger partial charge is 0.324 e. The summed E-state index contributed by atoms with van der Waals surface area (Å²) in [5.74, 6) is 0.535. The van der Waals surface area contributed by atoms with Crippen LogP contribution in [0.15, 0.2) is 24.3 Å². The molecule has 21 heavy (non-hydrogen) atoms. The van der Waals surface area contributed by atoms with Gasteiger partial charge in [0.2, 0.25) is 0 Å². The molecule has 1 aromatic rings. The van der Waals surface area contributed by atoms with E-state index in [1.54, 1.807) is 0 Å². The van der Waals surface area contributed by atoms with Crippen molar-refractivity contribution in [3.63, 3.8) is 0 Å². The van der Waals surface area contributed by atoms with E-state index >= 15 is 0 Å². The van der Waals surface area contributed by atoms with Gasteiger partial charge in [0.15, 0.2) is 0 Å². The molecule has 0 spiro atoms. The zero-order chi connectivity index (χ0) is 15.2. The highest BCUT2D eigenvalue weighted by Gasteiger charge is 2.36. The van der Waals surface area contributed by atoms with Gasteiger partial charge in [0.25, 0.3) is 5.91 Å². The number of nitrogens with one attached hydrogen (secondary N) is 1. The van der Waals surface area contributed by atoms with Crippen LogP contribution in [0.4, 0.5) is 4.79 Å². The van der Waals surface area contributed by atoms with Crippen molar-refractivity contribution in [2.24, 2.45) is 5.73 Å². The zero-order valence-electron chi connectivity index (χ0n) is 12.2. The number of carbonyl (C=O) groups is 2. The average molecular weight is 291 g/mol. The van der Waals surface area contributed by atoms with Crippen LogP contribution in [0.2, 0.25) is 0 Å². The Kier molecular flexibility index (Phi) is 5.16. The number of imide groups is 1. The lowest BCUT2D eigenvalue weighted by Gasteiger charge is -2.13. The third kappa shape index (κ3) is 3.72. The molecule has 1 atom stereocenters. The maximum atomic E-state index is 12.0. The van der Waals surface area contributed by atoms with E-state index in [-0.39, 0.29) is 31.1 Å². The van der Waals surface area contributed by atoms with Gasteiger partial charge in [0.1, 0.15) is 18.4 Å². The standard InChI is InChI=1S/C15H21N3O3/c1-2-3-13-14(19)18(15(20)17-13)8-9-21-12-6-4-11(10-16)5-7-12/h4-7,13H,2-3,8-10,16H2,1H3,(H,17,20). The summed E-state index contributed by atoms with van der Waals surface area (Å²) in [6.07, 6.45) is 1.52. The molecule has 3 amide bonds. The first kappa shape index (κ1) is 15.3. The van der Waals surface area contributed by atoms with Crippen LogP contribution in [-0.2, 0) is 11.3 Å². The van der Waals surface area contributed by atoms with Crippen LogP contribution in [0, 0.1) is 0 Å². The summed E-state index contributed by atoms with van der Waals surface area (Å²) in [5, 5.41) is 2.69. The van der Waals surface area contributed by atoms with Gasteiger partial charge in [-0.25, -0.2) is 4.79 Å². The van der Waals surface area contributed by atoms with Crippen LogP contribution < -0.4 is 15.8 Å². The SMILES string of the molecule is CCCC1NC(=O)N(CCOc2ccc(CN)cc2)C1=O. The summed E-state index contributed by atoms with van der Waals surface area (Å²) in [5.41, 5.74) is 6.55. The number of nitrogens with zero attached hydrogens (tertiary/aromatic N) is 1. The Morgan fingerprint density at radius 3 is 2.62 bits per heavy atom. The fourth-order valence-corrected chi connectivity index (χ4v) is 2.25. The van der Waals surface area contributed by atoms with Gasteiger partial charge in [-0.3, -0.25) is 9.69 Å². The monoisotopic (exact) mass is 291 g/mol. The molecule has 1 saturated heterocycles. The molecule has 1 unspecified atom stereocenters. The van der Waals surface area contributed by atoms with Gasteiger partial charge in [-0.1, -0.05) is 25.5 Å². The molecule has 1 aromatic carbocycles. The second-order valence-corrected chi connectivity index (χ2v) is 4.98. The molecule has 1 heterocycles. The topological polar surface area (TPSA) is 84.7 Å². The van der Waals surface area contributed by atoms with Crippen molar-refractivity contribution >= 4 is 11.9 Å². The number of nitrogens with two attached hydrogens (primary N) is 1. The fourth-order valence-electron chi connectivity index (χ4n) is 2.25. The van der Waals surface area contributed by atoms with Crippen LogP contribution in [0.25, 0.3) is 0 Å². The predicted molar refractivity (Wildman–Crippen MR) is 78.8 cm³/mol. The zero-order valence-corrected chi connectivity index (χ0v) is 12.2. The molecule has 0 aromatic heterocycles. The van der Waals surface area contributed by atoms with Crippen LogP contribution >= 0.6 is 0 Å². The number of hydrogen-bond donors (Lipinski definition) is 2. The van der Waals surface area contributed by atoms with E-state index in [0.29, 0.717) is 18.7 Å². The van der Waals surface area contributed by atoms with Gasteiger partial charge in [-0.05, 0) is 24.1 Å². The second kappa shape index (κ2) is 7.08. The third-order valence-electron chi connectivity index (χ3n) is 3.43. The minimum atomic E-state index is -0.383. The summed E-state index contributed by atoms with van der Waals surface area (Å²) >= 11 is 0. The van der Waals surface area contributed by atoms with Crippen LogP contribution in [0.3, 0.4) is 0 Å². The van der Waals surface area contributed by atoms with Crippen LogP contribution in [0.5, 0.6) is 5.75 Å². The lowest BCUT2D eigenvalue weighted by molar-refractivity contribution is -0.127. The lowest BCUT2D eigenvalue weighted by Crippen LogP contribution is -2.35. The van der Waals surface area contributed by atoms with E-state index in [0.717, 1.165) is 12.0 Å². The number of carbonyl (C=O) groups excluding carboxylic acids is 2. The molecular weight excluding hydrogens is 270 g/mol. The molecule has 0 bridgehead atoms. The average Bonchev–Trinajstić information content (AvgIpc) is 2.76. The van der Waals surface area contributed by atoms with E-state index < -0.39 is 0 Å². The number of amides is 3. The Balaban J connectivity index is 1.82. The highest BCUT2D eigenvalue weighted by molar-refractivity contribution is 6.04. The molecule has 1 aliphatic rings. The number of urea groups is 1. The van der Waals surface area contributed by atoms with Crippen molar-refractivity contribution in [2.75, 3.05) is 13.2 Å². The van der Waals surface area contributed by atoms with Crippen molar-refractivity contribution < 1.29 is 14.3 Å². The maximum absolute atomic E-state index is 12.0. The number of benzene rings is 1. The highest BCUT2D eigenvalue weighted by atomic mass is 16.5. The molecule has 6 nitrogen and oxygen atoms in total. The quantitative estimate of drug-likeness (QED) is 0.740. The summed E-state index contributed by atoms with van der Waals surface area (Å²) in [6, 6.07) is 6.72. The largest absolute Gasteiger partial charge is 0.492 e. The number of hydrogen-bond acceptors (Lipinski definition) is 4. The normalized spacial score (nSPS) is 18.0. The molecule has 0 radical (unpaired) electrons. The fraction of sp³-hybridized carbons (Fsp3) is 0.467. The maximum Gasteiger partial charge on any atom is 0.324 e. The lowest BCUT2D eigenvalue weighted by atomic mass is 10.2. The van der Waals surface area contributed by atoms with E-state index in [2.05, 4.69) is 5.32 Å². The molecule has 1 fully saturated rings. The van der Waals surface area contributed by atoms with Gasteiger partial charge in [0.05, 0.1) is 6.54 Å².